The Hall–Kier alpha value is -3.94. The molecule has 4 aromatic rings. The lowest BCUT2D eigenvalue weighted by atomic mass is 9.87. The second kappa shape index (κ2) is 12.5. The standard InChI is InChI=1S/C31H32N2O5/c34-31(35)33-15-13-29(30(20-33)38-22-23-7-8-25-5-1-2-6-27(25)18-23)26-9-11-28(12-10-26)37-17-16-36-21-24-4-3-14-32-19-24/h1-12,14,18-19,29-30H,13,15-17,20-22H2,(H,34,35)/p-1. The smallest absolute Gasteiger partial charge is 0.137 e. The molecular formula is C31H31N2O5-. The highest BCUT2D eigenvalue weighted by molar-refractivity contribution is 5.82. The maximum absolute atomic E-state index is 11.6. The van der Waals surface area contributed by atoms with Gasteiger partial charge in [-0.2, -0.15) is 0 Å². The summed E-state index contributed by atoms with van der Waals surface area (Å²) in [6.45, 7) is 2.54. The number of benzene rings is 3. The second-order valence-corrected chi connectivity index (χ2v) is 9.47. The molecule has 3 aromatic carbocycles. The zero-order valence-corrected chi connectivity index (χ0v) is 21.2. The number of piperidine rings is 1. The van der Waals surface area contributed by atoms with Gasteiger partial charge in [-0.15, -0.1) is 0 Å². The van der Waals surface area contributed by atoms with E-state index in [0.29, 0.717) is 39.4 Å². The average molecular weight is 512 g/mol. The molecule has 1 aliphatic rings. The van der Waals surface area contributed by atoms with E-state index in [1.54, 1.807) is 12.4 Å². The fourth-order valence-corrected chi connectivity index (χ4v) is 4.87. The Labute approximate surface area is 222 Å². The first-order chi connectivity index (χ1) is 18.7. The van der Waals surface area contributed by atoms with Crippen molar-refractivity contribution in [3.63, 3.8) is 0 Å². The molecule has 0 saturated carbocycles. The molecular weight excluding hydrogens is 480 g/mol. The summed E-state index contributed by atoms with van der Waals surface area (Å²) in [5, 5.41) is 13.9. The summed E-state index contributed by atoms with van der Waals surface area (Å²) in [4.78, 5) is 17.0. The van der Waals surface area contributed by atoms with Gasteiger partial charge in [0.1, 0.15) is 18.4 Å². The number of carboxylic acid groups (broad SMARTS) is 1. The Morgan fingerprint density at radius 3 is 2.55 bits per heavy atom. The number of hydrogen-bond donors (Lipinski definition) is 0. The van der Waals surface area contributed by atoms with Crippen molar-refractivity contribution in [2.75, 3.05) is 26.3 Å². The van der Waals surface area contributed by atoms with Crippen molar-refractivity contribution in [1.82, 2.24) is 9.88 Å². The van der Waals surface area contributed by atoms with Gasteiger partial charge in [-0.3, -0.25) is 4.98 Å². The molecule has 0 N–H and O–H groups in total. The topological polar surface area (TPSA) is 84.0 Å². The summed E-state index contributed by atoms with van der Waals surface area (Å²) in [7, 11) is 0. The van der Waals surface area contributed by atoms with Gasteiger partial charge in [0.05, 0.1) is 25.9 Å². The van der Waals surface area contributed by atoms with E-state index >= 15 is 0 Å². The van der Waals surface area contributed by atoms with Crippen LogP contribution in [0, 0.1) is 0 Å². The van der Waals surface area contributed by atoms with Crippen molar-refractivity contribution in [2.24, 2.45) is 0 Å². The van der Waals surface area contributed by atoms with Crippen LogP contribution in [-0.4, -0.2) is 48.4 Å². The van der Waals surface area contributed by atoms with Gasteiger partial charge in [-0.05, 0) is 58.1 Å². The predicted octanol–water partition coefficient (Wildman–Crippen LogP) is 4.55. The minimum Gasteiger partial charge on any atom is -0.530 e. The van der Waals surface area contributed by atoms with Crippen LogP contribution in [0.25, 0.3) is 10.8 Å². The lowest BCUT2D eigenvalue weighted by molar-refractivity contribution is -0.268. The quantitative estimate of drug-likeness (QED) is 0.291. The Morgan fingerprint density at radius 1 is 0.921 bits per heavy atom. The van der Waals surface area contributed by atoms with Crippen LogP contribution >= 0.6 is 0 Å². The summed E-state index contributed by atoms with van der Waals surface area (Å²) in [6, 6.07) is 26.3. The Kier molecular flexibility index (Phi) is 8.48. The lowest BCUT2D eigenvalue weighted by Crippen LogP contribution is -2.51. The number of likely N-dealkylation sites (tertiary alicyclic amines) is 1. The molecule has 2 atom stereocenters. The van der Waals surface area contributed by atoms with Crippen LogP contribution in [0.2, 0.25) is 0 Å². The van der Waals surface area contributed by atoms with Crippen LogP contribution in [0.5, 0.6) is 5.75 Å². The largest absolute Gasteiger partial charge is 0.530 e. The molecule has 1 saturated heterocycles. The van der Waals surface area contributed by atoms with Crippen molar-refractivity contribution in [3.05, 3.63) is 108 Å². The predicted molar refractivity (Wildman–Crippen MR) is 143 cm³/mol. The molecule has 196 valence electrons. The number of rotatable bonds is 10. The first kappa shape index (κ1) is 25.7. The first-order valence-corrected chi connectivity index (χ1v) is 12.9. The summed E-state index contributed by atoms with van der Waals surface area (Å²) >= 11 is 0. The van der Waals surface area contributed by atoms with E-state index in [-0.39, 0.29) is 18.6 Å². The third-order valence-corrected chi connectivity index (χ3v) is 6.89. The third-order valence-electron chi connectivity index (χ3n) is 6.89. The van der Waals surface area contributed by atoms with Crippen molar-refractivity contribution < 1.29 is 24.1 Å². The van der Waals surface area contributed by atoms with Gasteiger partial charge in [0.25, 0.3) is 0 Å². The number of amides is 1. The van der Waals surface area contributed by atoms with E-state index in [2.05, 4.69) is 35.3 Å². The van der Waals surface area contributed by atoms with Crippen molar-refractivity contribution in [2.45, 2.75) is 31.7 Å². The maximum Gasteiger partial charge on any atom is 0.137 e. The SMILES string of the molecule is O=C([O-])N1CCC(c2ccc(OCCOCc3cccnc3)cc2)C(OCc2ccc3ccccc3c2)C1. The van der Waals surface area contributed by atoms with E-state index in [9.17, 15) is 9.90 Å². The Balaban J connectivity index is 1.17. The average Bonchev–Trinajstić information content (AvgIpc) is 2.96. The number of ether oxygens (including phenoxy) is 3. The highest BCUT2D eigenvalue weighted by Gasteiger charge is 2.31. The summed E-state index contributed by atoms with van der Waals surface area (Å²) in [5.74, 6) is 0.836. The van der Waals surface area contributed by atoms with Crippen molar-refractivity contribution in [3.8, 4) is 5.75 Å². The van der Waals surface area contributed by atoms with Crippen molar-refractivity contribution >= 4 is 16.9 Å². The van der Waals surface area contributed by atoms with Gasteiger partial charge in [0, 0.05) is 31.4 Å². The minimum atomic E-state index is -1.16. The van der Waals surface area contributed by atoms with Crippen LogP contribution in [0.15, 0.2) is 91.3 Å². The van der Waals surface area contributed by atoms with E-state index in [0.717, 1.165) is 27.8 Å². The molecule has 2 heterocycles. The van der Waals surface area contributed by atoms with Crippen LogP contribution in [0.1, 0.15) is 29.0 Å². The number of aromatic nitrogens is 1. The van der Waals surface area contributed by atoms with Gasteiger partial charge in [0.15, 0.2) is 0 Å². The highest BCUT2D eigenvalue weighted by atomic mass is 16.5. The molecule has 7 heteroatoms. The number of fused-ring (bicyclic) bond motifs is 1. The first-order valence-electron chi connectivity index (χ1n) is 12.9. The number of hydrogen-bond acceptors (Lipinski definition) is 6. The summed E-state index contributed by atoms with van der Waals surface area (Å²) in [6.07, 6.45) is 2.76. The van der Waals surface area contributed by atoms with Crippen LogP contribution in [0.4, 0.5) is 4.79 Å². The summed E-state index contributed by atoms with van der Waals surface area (Å²) in [5.41, 5.74) is 3.19. The second-order valence-electron chi connectivity index (χ2n) is 9.47. The van der Waals surface area contributed by atoms with Crippen LogP contribution in [-0.2, 0) is 22.7 Å². The molecule has 1 fully saturated rings. The number of carbonyl (C=O) groups excluding carboxylic acids is 1. The molecule has 0 bridgehead atoms. The van der Waals surface area contributed by atoms with Gasteiger partial charge < -0.3 is 29.0 Å². The molecule has 2 unspecified atom stereocenters. The van der Waals surface area contributed by atoms with Gasteiger partial charge in [-0.1, -0.05) is 54.6 Å². The zero-order valence-electron chi connectivity index (χ0n) is 21.2. The maximum atomic E-state index is 11.6. The molecule has 0 aliphatic carbocycles. The van der Waals surface area contributed by atoms with Crippen LogP contribution < -0.4 is 9.84 Å². The molecule has 1 aromatic heterocycles. The number of carbonyl (C=O) groups is 1. The number of nitrogens with zero attached hydrogens (tertiary/aromatic N) is 2. The van der Waals surface area contributed by atoms with E-state index in [1.165, 1.54) is 10.3 Å². The fourth-order valence-electron chi connectivity index (χ4n) is 4.87. The monoisotopic (exact) mass is 511 g/mol. The van der Waals surface area contributed by atoms with Gasteiger partial charge in [0.2, 0.25) is 0 Å². The Bertz CT molecular complexity index is 1330. The number of pyridine rings is 1. The zero-order chi connectivity index (χ0) is 26.2. The lowest BCUT2D eigenvalue weighted by Gasteiger charge is -2.40. The van der Waals surface area contributed by atoms with Crippen molar-refractivity contribution in [1.29, 1.82) is 0 Å². The molecule has 0 spiro atoms. The fraction of sp³-hybridized carbons (Fsp3) is 0.290. The molecule has 1 amide bonds. The van der Waals surface area contributed by atoms with Gasteiger partial charge >= 0.3 is 0 Å². The molecule has 7 nitrogen and oxygen atoms in total. The van der Waals surface area contributed by atoms with Gasteiger partial charge in [-0.25, -0.2) is 0 Å². The van der Waals surface area contributed by atoms with Crippen LogP contribution in [0.3, 0.4) is 0 Å². The molecule has 38 heavy (non-hydrogen) atoms. The third kappa shape index (κ3) is 6.68. The molecule has 0 radical (unpaired) electrons. The highest BCUT2D eigenvalue weighted by Crippen LogP contribution is 2.32. The Morgan fingerprint density at radius 2 is 1.76 bits per heavy atom. The molecule has 5 rings (SSSR count). The normalized spacial score (nSPS) is 17.4. The van der Waals surface area contributed by atoms with E-state index in [1.807, 2.05) is 48.5 Å². The molecule has 1 aliphatic heterocycles. The van der Waals surface area contributed by atoms with E-state index in [4.69, 9.17) is 14.2 Å². The van der Waals surface area contributed by atoms with E-state index < -0.39 is 6.09 Å². The summed E-state index contributed by atoms with van der Waals surface area (Å²) < 4.78 is 17.8. The minimum absolute atomic E-state index is 0.0721.